The lowest BCUT2D eigenvalue weighted by atomic mass is 10.2. The first-order valence-electron chi connectivity index (χ1n) is 4.66. The zero-order chi connectivity index (χ0) is 12.9. The number of ether oxygens (including phenoxy) is 1. The molecule has 0 aliphatic heterocycles. The zero-order valence-corrected chi connectivity index (χ0v) is 8.97. The average molecular weight is 253 g/mol. The minimum atomic E-state index is -4.39. The fourth-order valence-corrected chi connectivity index (χ4v) is 1.09. The van der Waals surface area contributed by atoms with Gasteiger partial charge in [0.1, 0.15) is 0 Å². The first-order chi connectivity index (χ1) is 7.92. The molecule has 0 atom stereocenters. The van der Waals surface area contributed by atoms with Crippen LogP contribution in [0.15, 0.2) is 18.2 Å². The smallest absolute Gasteiger partial charge is 0.413 e. The highest BCUT2D eigenvalue weighted by molar-refractivity contribution is 5.29. The van der Waals surface area contributed by atoms with Crippen molar-refractivity contribution < 1.29 is 27.1 Å². The molecular weight excluding hydrogens is 242 g/mol. The Morgan fingerprint density at radius 3 is 2.53 bits per heavy atom. The molecule has 1 aromatic carbocycles. The summed E-state index contributed by atoms with van der Waals surface area (Å²) in [5.74, 6) is -0.507. The van der Waals surface area contributed by atoms with Crippen molar-refractivity contribution in [3.05, 3.63) is 29.6 Å². The van der Waals surface area contributed by atoms with E-state index in [9.17, 15) is 17.6 Å². The van der Waals surface area contributed by atoms with E-state index in [1.54, 1.807) is 0 Å². The molecule has 0 aromatic heterocycles. The second kappa shape index (κ2) is 5.83. The minimum Gasteiger partial charge on any atom is -0.494 e. The molecule has 0 amide bonds. The summed E-state index contributed by atoms with van der Waals surface area (Å²) in [6.07, 6.45) is -4.39. The molecule has 0 aliphatic carbocycles. The lowest BCUT2D eigenvalue weighted by Crippen LogP contribution is -2.24. The van der Waals surface area contributed by atoms with E-state index in [0.29, 0.717) is 5.56 Å². The number of hydrogen-bond acceptors (Lipinski definition) is 3. The van der Waals surface area contributed by atoms with E-state index in [0.717, 1.165) is 6.07 Å². The number of benzene rings is 1. The van der Waals surface area contributed by atoms with E-state index < -0.39 is 18.6 Å². The van der Waals surface area contributed by atoms with E-state index in [1.807, 2.05) is 0 Å². The van der Waals surface area contributed by atoms with Crippen LogP contribution in [0.2, 0.25) is 0 Å². The van der Waals surface area contributed by atoms with Crippen molar-refractivity contribution in [2.45, 2.75) is 12.7 Å². The molecule has 0 saturated carbocycles. The molecule has 1 rings (SSSR count). The zero-order valence-electron chi connectivity index (χ0n) is 8.97. The van der Waals surface area contributed by atoms with Crippen molar-refractivity contribution in [1.29, 1.82) is 0 Å². The molecule has 0 saturated heterocycles. The van der Waals surface area contributed by atoms with Gasteiger partial charge in [-0.25, -0.2) is 4.39 Å². The minimum absolute atomic E-state index is 0.0308. The maximum absolute atomic E-state index is 13.2. The van der Waals surface area contributed by atoms with Gasteiger partial charge >= 0.3 is 6.18 Å². The van der Waals surface area contributed by atoms with E-state index in [2.05, 4.69) is 10.3 Å². The van der Waals surface area contributed by atoms with Crippen molar-refractivity contribution in [1.82, 2.24) is 5.48 Å². The van der Waals surface area contributed by atoms with Crippen molar-refractivity contribution >= 4 is 0 Å². The van der Waals surface area contributed by atoms with Gasteiger partial charge in [0, 0.05) is 6.54 Å². The Balaban J connectivity index is 2.40. The molecule has 0 unspecified atom stereocenters. The van der Waals surface area contributed by atoms with Crippen LogP contribution < -0.4 is 10.2 Å². The van der Waals surface area contributed by atoms with Crippen LogP contribution in [0.4, 0.5) is 17.6 Å². The third-order valence-corrected chi connectivity index (χ3v) is 1.83. The number of rotatable bonds is 5. The van der Waals surface area contributed by atoms with Gasteiger partial charge in [0.2, 0.25) is 0 Å². The molecule has 0 radical (unpaired) electrons. The molecule has 0 aliphatic rings. The molecule has 0 heterocycles. The monoisotopic (exact) mass is 253 g/mol. The van der Waals surface area contributed by atoms with Crippen molar-refractivity contribution in [2.24, 2.45) is 0 Å². The standard InChI is InChI=1S/C10H11F4NO2/c1-16-9-3-2-7(4-8(9)11)5-15-17-6-10(12,13)14/h2-4,15H,5-6H2,1H3. The molecule has 96 valence electrons. The number of hydroxylamine groups is 1. The third-order valence-electron chi connectivity index (χ3n) is 1.83. The summed E-state index contributed by atoms with van der Waals surface area (Å²) < 4.78 is 53.0. The summed E-state index contributed by atoms with van der Waals surface area (Å²) in [4.78, 5) is 4.17. The SMILES string of the molecule is COc1ccc(CNOCC(F)(F)F)cc1F. The van der Waals surface area contributed by atoms with E-state index in [-0.39, 0.29) is 12.3 Å². The number of hydrogen-bond donors (Lipinski definition) is 1. The van der Waals surface area contributed by atoms with Crippen LogP contribution in [0.25, 0.3) is 0 Å². The fourth-order valence-electron chi connectivity index (χ4n) is 1.09. The van der Waals surface area contributed by atoms with E-state index >= 15 is 0 Å². The Hall–Kier alpha value is -1.34. The summed E-state index contributed by atoms with van der Waals surface area (Å²) in [7, 11) is 1.32. The first-order valence-corrected chi connectivity index (χ1v) is 4.66. The summed E-state index contributed by atoms with van der Waals surface area (Å²) >= 11 is 0. The molecule has 1 N–H and O–H groups in total. The predicted molar refractivity (Wildman–Crippen MR) is 51.8 cm³/mol. The third kappa shape index (κ3) is 5.01. The molecule has 3 nitrogen and oxygen atoms in total. The summed E-state index contributed by atoms with van der Waals surface area (Å²) in [5.41, 5.74) is 2.54. The quantitative estimate of drug-likeness (QED) is 0.496. The maximum Gasteiger partial charge on any atom is 0.413 e. The van der Waals surface area contributed by atoms with Gasteiger partial charge in [-0.3, -0.25) is 4.84 Å². The average Bonchev–Trinajstić information content (AvgIpc) is 2.23. The lowest BCUT2D eigenvalue weighted by molar-refractivity contribution is -0.190. The summed E-state index contributed by atoms with van der Waals surface area (Å²) in [5, 5.41) is 0. The Bertz CT molecular complexity index is 368. The highest BCUT2D eigenvalue weighted by Gasteiger charge is 2.27. The maximum atomic E-state index is 13.2. The summed E-state index contributed by atoms with van der Waals surface area (Å²) in [6, 6.07) is 4.06. The van der Waals surface area contributed by atoms with Crippen LogP contribution in [-0.2, 0) is 11.4 Å². The molecule has 0 bridgehead atoms. The molecule has 17 heavy (non-hydrogen) atoms. The van der Waals surface area contributed by atoms with Gasteiger partial charge in [0.15, 0.2) is 18.2 Å². The van der Waals surface area contributed by atoms with Gasteiger partial charge in [-0.15, -0.1) is 0 Å². The van der Waals surface area contributed by atoms with Gasteiger partial charge in [-0.05, 0) is 17.7 Å². The molecule has 0 spiro atoms. The lowest BCUT2D eigenvalue weighted by Gasteiger charge is -2.09. The summed E-state index contributed by atoms with van der Waals surface area (Å²) in [6.45, 7) is -1.43. The Morgan fingerprint density at radius 2 is 2.00 bits per heavy atom. The Morgan fingerprint density at radius 1 is 1.29 bits per heavy atom. The van der Waals surface area contributed by atoms with Crippen LogP contribution >= 0.6 is 0 Å². The van der Waals surface area contributed by atoms with Gasteiger partial charge in [0.05, 0.1) is 7.11 Å². The molecule has 7 heteroatoms. The van der Waals surface area contributed by atoms with Crippen LogP contribution in [0, 0.1) is 5.82 Å². The number of nitrogens with one attached hydrogen (secondary N) is 1. The molecule has 0 fully saturated rings. The number of alkyl halides is 3. The topological polar surface area (TPSA) is 30.5 Å². The van der Waals surface area contributed by atoms with Crippen LogP contribution in [0.5, 0.6) is 5.75 Å². The van der Waals surface area contributed by atoms with Crippen LogP contribution in [-0.4, -0.2) is 19.9 Å². The second-order valence-electron chi connectivity index (χ2n) is 3.19. The van der Waals surface area contributed by atoms with Crippen molar-refractivity contribution in [3.63, 3.8) is 0 Å². The first kappa shape index (κ1) is 13.7. The Labute approximate surface area is 95.3 Å². The number of methoxy groups -OCH3 is 1. The molecular formula is C10H11F4NO2. The number of halogens is 4. The van der Waals surface area contributed by atoms with Gasteiger partial charge in [-0.1, -0.05) is 6.07 Å². The fraction of sp³-hybridized carbons (Fsp3) is 0.400. The van der Waals surface area contributed by atoms with Crippen LogP contribution in [0.1, 0.15) is 5.56 Å². The molecule has 1 aromatic rings. The highest BCUT2D eigenvalue weighted by atomic mass is 19.4. The Kier molecular flexibility index (Phi) is 4.71. The normalized spacial score (nSPS) is 11.6. The van der Waals surface area contributed by atoms with Crippen LogP contribution in [0.3, 0.4) is 0 Å². The van der Waals surface area contributed by atoms with E-state index in [4.69, 9.17) is 4.74 Å². The largest absolute Gasteiger partial charge is 0.494 e. The van der Waals surface area contributed by atoms with Gasteiger partial charge in [0.25, 0.3) is 0 Å². The van der Waals surface area contributed by atoms with Crippen molar-refractivity contribution in [3.8, 4) is 5.75 Å². The van der Waals surface area contributed by atoms with Gasteiger partial charge in [-0.2, -0.15) is 18.7 Å². The second-order valence-corrected chi connectivity index (χ2v) is 3.19. The van der Waals surface area contributed by atoms with Gasteiger partial charge < -0.3 is 4.74 Å². The highest BCUT2D eigenvalue weighted by Crippen LogP contribution is 2.17. The van der Waals surface area contributed by atoms with E-state index in [1.165, 1.54) is 19.2 Å². The van der Waals surface area contributed by atoms with Crippen molar-refractivity contribution in [2.75, 3.05) is 13.7 Å². The predicted octanol–water partition coefficient (Wildman–Crippen LogP) is 2.42.